The van der Waals surface area contributed by atoms with Crippen LogP contribution < -0.4 is 0 Å². The summed E-state index contributed by atoms with van der Waals surface area (Å²) in [6.07, 6.45) is 8.43. The molecule has 18 heavy (non-hydrogen) atoms. The smallest absolute Gasteiger partial charge is 0.202 e. The molecule has 0 saturated heterocycles. The molecule has 0 saturated carbocycles. The van der Waals surface area contributed by atoms with Gasteiger partial charge in [0, 0.05) is 7.11 Å². The highest BCUT2D eigenvalue weighted by Gasteiger charge is 2.49. The average Bonchev–Trinajstić information content (AvgIpc) is 2.25. The van der Waals surface area contributed by atoms with Gasteiger partial charge in [-0.15, -0.1) is 0 Å². The minimum Gasteiger partial charge on any atom is -0.419 e. The van der Waals surface area contributed by atoms with Gasteiger partial charge in [0.05, 0.1) is 15.7 Å². The molecule has 0 bridgehead atoms. The maximum absolute atomic E-state index is 6.19. The van der Waals surface area contributed by atoms with Gasteiger partial charge in [0.2, 0.25) is 7.83 Å². The molecule has 0 aromatic rings. The van der Waals surface area contributed by atoms with Crippen molar-refractivity contribution in [2.24, 2.45) is 0 Å². The fraction of sp³-hybridized carbons (Fsp3) is 0.714. The van der Waals surface area contributed by atoms with E-state index in [-0.39, 0.29) is 0 Å². The van der Waals surface area contributed by atoms with Crippen molar-refractivity contribution in [1.29, 1.82) is 0 Å². The fourth-order valence-electron chi connectivity index (χ4n) is 2.74. The van der Waals surface area contributed by atoms with Gasteiger partial charge in [-0.1, -0.05) is 62.7 Å². The molecule has 1 aliphatic rings. The molecular weight excluding hydrogens is 268 g/mol. The lowest BCUT2D eigenvalue weighted by Crippen LogP contribution is -2.60. The van der Waals surface area contributed by atoms with Crippen molar-refractivity contribution in [1.82, 2.24) is 0 Å². The van der Waals surface area contributed by atoms with Crippen LogP contribution >= 0.6 is 0 Å². The SMILES string of the molecule is CO[Si](C)(C1=CCC=CC1[Si](C)(C)C)[Si](C)(C)C. The summed E-state index contributed by atoms with van der Waals surface area (Å²) in [4.78, 5) is 0. The average molecular weight is 299 g/mol. The molecule has 0 aromatic carbocycles. The van der Waals surface area contributed by atoms with Gasteiger partial charge in [-0.3, -0.25) is 0 Å². The molecular formula is C14H30OSi3. The van der Waals surface area contributed by atoms with E-state index >= 15 is 0 Å². The highest BCUT2D eigenvalue weighted by atomic mass is 29.3. The second kappa shape index (κ2) is 5.23. The van der Waals surface area contributed by atoms with Crippen LogP contribution in [0.15, 0.2) is 23.4 Å². The molecule has 0 N–H and O–H groups in total. The fourth-order valence-corrected chi connectivity index (χ4v) is 15.2. The molecule has 0 amide bonds. The van der Waals surface area contributed by atoms with Crippen LogP contribution in [0.5, 0.6) is 0 Å². The van der Waals surface area contributed by atoms with Crippen LogP contribution in [0.4, 0.5) is 0 Å². The molecule has 0 spiro atoms. The van der Waals surface area contributed by atoms with E-state index in [2.05, 4.69) is 64.1 Å². The van der Waals surface area contributed by atoms with Crippen LogP contribution in [0.2, 0.25) is 51.4 Å². The Morgan fingerprint density at radius 2 is 1.61 bits per heavy atom. The first-order valence-electron chi connectivity index (χ1n) is 6.96. The summed E-state index contributed by atoms with van der Waals surface area (Å²) >= 11 is 0. The molecule has 1 rings (SSSR count). The van der Waals surface area contributed by atoms with Gasteiger partial charge in [0.1, 0.15) is 0 Å². The standard InChI is InChI=1S/C14H30OSi3/c1-15-18(8,17(5,6)7)14-12-10-9-11-13(14)16(2,3)4/h9,11-13H,10H2,1-8H3. The summed E-state index contributed by atoms with van der Waals surface area (Å²) in [5, 5.41) is 1.70. The Labute approximate surface area is 116 Å². The van der Waals surface area contributed by atoms with Crippen LogP contribution in [0, 0.1) is 0 Å². The van der Waals surface area contributed by atoms with E-state index in [0.717, 1.165) is 6.42 Å². The molecule has 2 atom stereocenters. The van der Waals surface area contributed by atoms with Crippen LogP contribution in [0.25, 0.3) is 0 Å². The van der Waals surface area contributed by atoms with E-state index in [9.17, 15) is 0 Å². The molecule has 104 valence electrons. The van der Waals surface area contributed by atoms with Crippen molar-refractivity contribution in [3.63, 3.8) is 0 Å². The summed E-state index contributed by atoms with van der Waals surface area (Å²) in [6, 6.07) is 0. The third-order valence-electron chi connectivity index (χ3n) is 4.46. The van der Waals surface area contributed by atoms with Gasteiger partial charge in [-0.25, -0.2) is 0 Å². The normalized spacial score (nSPS) is 24.7. The predicted octanol–water partition coefficient (Wildman–Crippen LogP) is 4.76. The second-order valence-electron chi connectivity index (χ2n) is 7.65. The highest BCUT2D eigenvalue weighted by molar-refractivity contribution is 7.41. The minimum atomic E-state index is -1.71. The predicted molar refractivity (Wildman–Crippen MR) is 90.9 cm³/mol. The lowest BCUT2D eigenvalue weighted by atomic mass is 10.2. The van der Waals surface area contributed by atoms with Gasteiger partial charge in [0.15, 0.2) is 0 Å². The van der Waals surface area contributed by atoms with Crippen molar-refractivity contribution in [3.05, 3.63) is 23.4 Å². The van der Waals surface area contributed by atoms with E-state index in [0.29, 0.717) is 5.54 Å². The lowest BCUT2D eigenvalue weighted by molar-refractivity contribution is 0.419. The summed E-state index contributed by atoms with van der Waals surface area (Å²) in [5.74, 6) is 0. The molecule has 0 fully saturated rings. The number of allylic oxidation sites excluding steroid dienone is 4. The van der Waals surface area contributed by atoms with Crippen LogP contribution in [-0.2, 0) is 4.43 Å². The van der Waals surface area contributed by atoms with Crippen LogP contribution in [-0.4, -0.2) is 30.6 Å². The molecule has 0 aromatic heterocycles. The minimum absolute atomic E-state index is 0.689. The van der Waals surface area contributed by atoms with Crippen LogP contribution in [0.1, 0.15) is 6.42 Å². The molecule has 1 nitrogen and oxygen atoms in total. The molecule has 4 heteroatoms. The van der Waals surface area contributed by atoms with E-state index in [4.69, 9.17) is 4.43 Å². The maximum Gasteiger partial charge on any atom is 0.202 e. The Hall–Kier alpha value is 0.0906. The van der Waals surface area contributed by atoms with Crippen molar-refractivity contribution in [2.75, 3.05) is 7.11 Å². The first kappa shape index (κ1) is 16.1. The maximum atomic E-state index is 6.19. The van der Waals surface area contributed by atoms with E-state index < -0.39 is 23.5 Å². The quantitative estimate of drug-likeness (QED) is 0.537. The van der Waals surface area contributed by atoms with Crippen LogP contribution in [0.3, 0.4) is 0 Å². The molecule has 0 heterocycles. The van der Waals surface area contributed by atoms with Gasteiger partial charge >= 0.3 is 0 Å². The van der Waals surface area contributed by atoms with Crippen molar-refractivity contribution < 1.29 is 4.43 Å². The van der Waals surface area contributed by atoms with Gasteiger partial charge in [0.25, 0.3) is 0 Å². The Bertz CT molecular complexity index is 360. The zero-order chi connectivity index (χ0) is 14.2. The molecule has 1 aliphatic carbocycles. The summed E-state index contributed by atoms with van der Waals surface area (Å²) in [5.41, 5.74) is 0.689. The number of hydrogen-bond donors (Lipinski definition) is 0. The zero-order valence-electron chi connectivity index (χ0n) is 13.4. The Kier molecular flexibility index (Phi) is 4.69. The summed E-state index contributed by atoms with van der Waals surface area (Å²) < 4.78 is 6.19. The monoisotopic (exact) mass is 298 g/mol. The third kappa shape index (κ3) is 2.98. The van der Waals surface area contributed by atoms with E-state index in [1.807, 2.05) is 7.11 Å². The van der Waals surface area contributed by atoms with Gasteiger partial charge in [-0.05, 0) is 18.5 Å². The zero-order valence-corrected chi connectivity index (χ0v) is 16.4. The van der Waals surface area contributed by atoms with Crippen molar-refractivity contribution in [3.8, 4) is 0 Å². The Morgan fingerprint density at radius 3 is 2.00 bits per heavy atom. The largest absolute Gasteiger partial charge is 0.419 e. The summed E-state index contributed by atoms with van der Waals surface area (Å²) in [6.45, 7) is 17.3. The summed E-state index contributed by atoms with van der Waals surface area (Å²) in [7, 11) is -2.25. The highest BCUT2D eigenvalue weighted by Crippen LogP contribution is 2.42. The molecule has 0 radical (unpaired) electrons. The first-order chi connectivity index (χ1) is 8.04. The number of rotatable bonds is 4. The van der Waals surface area contributed by atoms with Crippen molar-refractivity contribution in [2.45, 2.75) is 57.8 Å². The number of hydrogen-bond acceptors (Lipinski definition) is 1. The van der Waals surface area contributed by atoms with E-state index in [1.165, 1.54) is 0 Å². The molecule has 0 aliphatic heterocycles. The Balaban J connectivity index is 3.24. The lowest BCUT2D eigenvalue weighted by Gasteiger charge is -2.45. The van der Waals surface area contributed by atoms with Gasteiger partial charge in [-0.2, -0.15) is 0 Å². The Morgan fingerprint density at radius 1 is 1.06 bits per heavy atom. The topological polar surface area (TPSA) is 9.23 Å². The first-order valence-corrected chi connectivity index (χ1v) is 17.4. The van der Waals surface area contributed by atoms with Crippen molar-refractivity contribution >= 4 is 23.5 Å². The van der Waals surface area contributed by atoms with E-state index in [1.54, 1.807) is 5.20 Å². The third-order valence-corrected chi connectivity index (χ3v) is 22.5. The molecule has 2 unspecified atom stereocenters. The second-order valence-corrected chi connectivity index (χ2v) is 27.9. The van der Waals surface area contributed by atoms with Gasteiger partial charge < -0.3 is 4.43 Å².